The monoisotopic (exact) mass is 528 g/mol. The van der Waals surface area contributed by atoms with E-state index in [4.69, 9.17) is 16.3 Å². The summed E-state index contributed by atoms with van der Waals surface area (Å²) in [5.74, 6) is 0.0108. The molecule has 0 saturated heterocycles. The highest BCUT2D eigenvalue weighted by atomic mass is 79.9. The van der Waals surface area contributed by atoms with Gasteiger partial charge in [-0.1, -0.05) is 76.1 Å². The second-order valence-corrected chi connectivity index (χ2v) is 8.85. The number of benzene rings is 3. The third-order valence-electron chi connectivity index (χ3n) is 5.05. The zero-order chi connectivity index (χ0) is 23.6. The molecular formula is C26H26BrClN2O3. The van der Waals surface area contributed by atoms with Crippen LogP contribution in [0.25, 0.3) is 0 Å². The molecule has 0 aromatic heterocycles. The lowest BCUT2D eigenvalue weighted by molar-refractivity contribution is -0.142. The zero-order valence-electron chi connectivity index (χ0n) is 18.3. The van der Waals surface area contributed by atoms with Crippen LogP contribution in [-0.2, 0) is 22.6 Å². The number of carbonyl (C=O) groups is 2. The maximum absolute atomic E-state index is 13.4. The molecule has 0 saturated carbocycles. The van der Waals surface area contributed by atoms with Crippen molar-refractivity contribution < 1.29 is 14.3 Å². The number of halogens is 2. The average Bonchev–Trinajstić information content (AvgIpc) is 2.82. The molecule has 1 atom stereocenters. The van der Waals surface area contributed by atoms with Gasteiger partial charge in [-0.3, -0.25) is 9.59 Å². The van der Waals surface area contributed by atoms with Gasteiger partial charge < -0.3 is 15.0 Å². The number of ether oxygens (including phenoxy) is 1. The fourth-order valence-electron chi connectivity index (χ4n) is 3.42. The summed E-state index contributed by atoms with van der Waals surface area (Å²) in [5.41, 5.74) is 1.88. The Kier molecular flexibility index (Phi) is 9.34. The quantitative estimate of drug-likeness (QED) is 0.390. The lowest BCUT2D eigenvalue weighted by atomic mass is 10.0. The first-order chi connectivity index (χ1) is 16.0. The van der Waals surface area contributed by atoms with Gasteiger partial charge in [0.1, 0.15) is 11.8 Å². The second-order valence-electron chi connectivity index (χ2n) is 7.49. The minimum Gasteiger partial charge on any atom is -0.484 e. The Morgan fingerprint density at radius 2 is 1.73 bits per heavy atom. The van der Waals surface area contributed by atoms with Crippen molar-refractivity contribution in [1.29, 1.82) is 0 Å². The summed E-state index contributed by atoms with van der Waals surface area (Å²) in [6.07, 6.45) is 0.395. The lowest BCUT2D eigenvalue weighted by Crippen LogP contribution is -2.51. The summed E-state index contributed by atoms with van der Waals surface area (Å²) in [6.45, 7) is 2.41. The number of amides is 2. The van der Waals surface area contributed by atoms with Gasteiger partial charge in [0, 0.05) is 29.0 Å². The standard InChI is InChI=1S/C26H26BrClN2O3/c1-2-29-26(32)24(15-19-7-4-3-5-8-19)30(17-20-11-13-21(27)14-12-20)25(31)18-33-23-10-6-9-22(28)16-23/h3-14,16,24H,2,15,17-18H2,1H3,(H,29,32). The van der Waals surface area contributed by atoms with Gasteiger partial charge in [0.05, 0.1) is 0 Å². The van der Waals surface area contributed by atoms with Gasteiger partial charge in [0.2, 0.25) is 5.91 Å². The van der Waals surface area contributed by atoms with Crippen molar-refractivity contribution in [1.82, 2.24) is 10.2 Å². The van der Waals surface area contributed by atoms with Crippen LogP contribution >= 0.6 is 27.5 Å². The molecule has 172 valence electrons. The molecule has 3 aromatic carbocycles. The summed E-state index contributed by atoms with van der Waals surface area (Å²) < 4.78 is 6.65. The number of carbonyl (C=O) groups excluding carboxylic acids is 2. The van der Waals surface area contributed by atoms with Gasteiger partial charge in [-0.15, -0.1) is 0 Å². The Hall–Kier alpha value is -2.83. The Morgan fingerprint density at radius 1 is 1.00 bits per heavy atom. The summed E-state index contributed by atoms with van der Waals surface area (Å²) in [7, 11) is 0. The van der Waals surface area contributed by atoms with E-state index in [1.54, 1.807) is 29.2 Å². The molecule has 3 aromatic rings. The molecule has 7 heteroatoms. The van der Waals surface area contributed by atoms with Gasteiger partial charge >= 0.3 is 0 Å². The predicted molar refractivity (Wildman–Crippen MR) is 134 cm³/mol. The molecule has 5 nitrogen and oxygen atoms in total. The molecule has 0 bridgehead atoms. The topological polar surface area (TPSA) is 58.6 Å². The number of rotatable bonds is 10. The van der Waals surface area contributed by atoms with Crippen molar-refractivity contribution in [3.63, 3.8) is 0 Å². The molecular weight excluding hydrogens is 504 g/mol. The summed E-state index contributed by atoms with van der Waals surface area (Å²) in [6, 6.07) is 23.6. The maximum atomic E-state index is 13.4. The van der Waals surface area contributed by atoms with Gasteiger partial charge in [-0.2, -0.15) is 0 Å². The molecule has 1 unspecified atom stereocenters. The number of nitrogens with one attached hydrogen (secondary N) is 1. The molecule has 0 radical (unpaired) electrons. The van der Waals surface area contributed by atoms with Crippen LogP contribution in [0.3, 0.4) is 0 Å². The molecule has 0 heterocycles. The Morgan fingerprint density at radius 3 is 2.39 bits per heavy atom. The van der Waals surface area contributed by atoms with Gasteiger partial charge in [0.15, 0.2) is 6.61 Å². The van der Waals surface area contributed by atoms with Crippen molar-refractivity contribution in [3.8, 4) is 5.75 Å². The van der Waals surface area contributed by atoms with E-state index >= 15 is 0 Å². The van der Waals surface area contributed by atoms with Crippen molar-refractivity contribution in [2.75, 3.05) is 13.2 Å². The van der Waals surface area contributed by atoms with E-state index < -0.39 is 6.04 Å². The molecule has 2 amide bonds. The van der Waals surface area contributed by atoms with Crippen molar-refractivity contribution in [3.05, 3.63) is 99.5 Å². The van der Waals surface area contributed by atoms with Crippen LogP contribution in [0.15, 0.2) is 83.3 Å². The molecule has 0 aliphatic carbocycles. The van der Waals surface area contributed by atoms with E-state index in [0.717, 1.165) is 15.6 Å². The number of hydrogen-bond donors (Lipinski definition) is 1. The smallest absolute Gasteiger partial charge is 0.261 e. The van der Waals surface area contributed by atoms with E-state index in [-0.39, 0.29) is 25.0 Å². The van der Waals surface area contributed by atoms with Gasteiger partial charge in [-0.05, 0) is 48.4 Å². The Bertz CT molecular complexity index is 1060. The fourth-order valence-corrected chi connectivity index (χ4v) is 3.86. The first kappa shape index (κ1) is 24.8. The van der Waals surface area contributed by atoms with Crippen LogP contribution in [0.4, 0.5) is 0 Å². The van der Waals surface area contributed by atoms with Crippen LogP contribution in [0.1, 0.15) is 18.1 Å². The molecule has 0 spiro atoms. The molecule has 0 aliphatic heterocycles. The number of hydrogen-bond acceptors (Lipinski definition) is 3. The largest absolute Gasteiger partial charge is 0.484 e. The van der Waals surface area contributed by atoms with Crippen LogP contribution < -0.4 is 10.1 Å². The van der Waals surface area contributed by atoms with Gasteiger partial charge in [-0.25, -0.2) is 0 Å². The Labute approximate surface area is 207 Å². The van der Waals surface area contributed by atoms with Crippen LogP contribution in [0, 0.1) is 0 Å². The van der Waals surface area contributed by atoms with E-state index in [1.165, 1.54) is 0 Å². The first-order valence-electron chi connectivity index (χ1n) is 10.7. The molecule has 1 N–H and O–H groups in total. The zero-order valence-corrected chi connectivity index (χ0v) is 20.7. The van der Waals surface area contributed by atoms with Crippen LogP contribution in [-0.4, -0.2) is 35.9 Å². The first-order valence-corrected chi connectivity index (χ1v) is 11.9. The fraction of sp³-hybridized carbons (Fsp3) is 0.231. The SMILES string of the molecule is CCNC(=O)C(Cc1ccccc1)N(Cc1ccc(Br)cc1)C(=O)COc1cccc(Cl)c1. The minimum atomic E-state index is -0.688. The molecule has 33 heavy (non-hydrogen) atoms. The molecule has 0 aliphatic rings. The van der Waals surface area contributed by atoms with E-state index in [9.17, 15) is 9.59 Å². The third kappa shape index (κ3) is 7.62. The van der Waals surface area contributed by atoms with E-state index in [1.807, 2.05) is 61.5 Å². The molecule has 3 rings (SSSR count). The summed E-state index contributed by atoms with van der Waals surface area (Å²) >= 11 is 9.47. The highest BCUT2D eigenvalue weighted by molar-refractivity contribution is 9.10. The van der Waals surface area contributed by atoms with Crippen molar-refractivity contribution >= 4 is 39.3 Å². The predicted octanol–water partition coefficient (Wildman–Crippen LogP) is 5.26. The molecule has 0 fully saturated rings. The van der Waals surface area contributed by atoms with Crippen LogP contribution in [0.5, 0.6) is 5.75 Å². The number of nitrogens with zero attached hydrogens (tertiary/aromatic N) is 1. The van der Waals surface area contributed by atoms with Gasteiger partial charge in [0.25, 0.3) is 5.91 Å². The average molecular weight is 530 g/mol. The normalized spacial score (nSPS) is 11.5. The highest BCUT2D eigenvalue weighted by Crippen LogP contribution is 2.19. The Balaban J connectivity index is 1.88. The number of likely N-dealkylation sites (N-methyl/N-ethyl adjacent to an activating group) is 1. The third-order valence-corrected chi connectivity index (χ3v) is 5.81. The minimum absolute atomic E-state index is 0.199. The van der Waals surface area contributed by atoms with Crippen molar-refractivity contribution in [2.24, 2.45) is 0 Å². The van der Waals surface area contributed by atoms with E-state index in [0.29, 0.717) is 23.7 Å². The van der Waals surface area contributed by atoms with E-state index in [2.05, 4.69) is 21.2 Å². The summed E-state index contributed by atoms with van der Waals surface area (Å²) in [5, 5.41) is 3.40. The highest BCUT2D eigenvalue weighted by Gasteiger charge is 2.30. The second kappa shape index (κ2) is 12.4. The van der Waals surface area contributed by atoms with Crippen molar-refractivity contribution in [2.45, 2.75) is 25.9 Å². The lowest BCUT2D eigenvalue weighted by Gasteiger charge is -2.31. The maximum Gasteiger partial charge on any atom is 0.261 e. The van der Waals surface area contributed by atoms with Crippen LogP contribution in [0.2, 0.25) is 5.02 Å². The summed E-state index contributed by atoms with van der Waals surface area (Å²) in [4.78, 5) is 28.1.